The highest BCUT2D eigenvalue weighted by Gasteiger charge is 2.33. The molecule has 0 saturated heterocycles. The standard InChI is InChI=1S/C28H42N2O4/c1-5-6-7-8-9-10-11-14-17-32-25-18-21-19-29-22-15-12-13-16-23(22)30-26(21)24(34-25)20-33-27(31)28(2,3)4/h12-13,15-16,18,24-25,29H,5-11,14,17,19-20H2,1-4H3/t24-,25+/m1/s1. The zero-order chi connectivity index (χ0) is 24.4. The number of fused-ring (bicyclic) bond motifs is 2. The molecule has 0 radical (unpaired) electrons. The zero-order valence-electron chi connectivity index (χ0n) is 21.4. The van der Waals surface area contributed by atoms with Crippen molar-refractivity contribution < 1.29 is 19.0 Å². The Morgan fingerprint density at radius 3 is 2.53 bits per heavy atom. The molecule has 0 bridgehead atoms. The van der Waals surface area contributed by atoms with Crippen LogP contribution in [0.2, 0.25) is 0 Å². The van der Waals surface area contributed by atoms with Crippen molar-refractivity contribution in [3.8, 4) is 0 Å². The predicted octanol–water partition coefficient (Wildman–Crippen LogP) is 6.58. The summed E-state index contributed by atoms with van der Waals surface area (Å²) >= 11 is 0. The molecule has 1 aromatic rings. The molecule has 3 rings (SSSR count). The van der Waals surface area contributed by atoms with Crippen LogP contribution in [-0.2, 0) is 19.0 Å². The second-order valence-corrected chi connectivity index (χ2v) is 10.2. The van der Waals surface area contributed by atoms with Gasteiger partial charge in [-0.2, -0.15) is 0 Å². The first kappa shape index (κ1) is 26.4. The van der Waals surface area contributed by atoms with Gasteiger partial charge in [-0.05, 0) is 51.0 Å². The number of esters is 1. The molecule has 0 aromatic heterocycles. The maximum atomic E-state index is 12.4. The highest BCUT2D eigenvalue weighted by molar-refractivity contribution is 6.07. The molecule has 2 aliphatic rings. The lowest BCUT2D eigenvalue weighted by molar-refractivity contribution is -0.166. The van der Waals surface area contributed by atoms with Crippen molar-refractivity contribution in [2.75, 3.05) is 25.1 Å². The van der Waals surface area contributed by atoms with E-state index in [1.54, 1.807) is 0 Å². The van der Waals surface area contributed by atoms with E-state index in [-0.39, 0.29) is 12.6 Å². The van der Waals surface area contributed by atoms with Gasteiger partial charge in [0.25, 0.3) is 0 Å². The molecule has 0 amide bonds. The smallest absolute Gasteiger partial charge is 0.311 e. The van der Waals surface area contributed by atoms with Crippen molar-refractivity contribution in [1.29, 1.82) is 0 Å². The lowest BCUT2D eigenvalue weighted by atomic mass is 9.97. The highest BCUT2D eigenvalue weighted by Crippen LogP contribution is 2.31. The monoisotopic (exact) mass is 470 g/mol. The number of hydrogen-bond donors (Lipinski definition) is 1. The fourth-order valence-electron chi connectivity index (χ4n) is 4.07. The van der Waals surface area contributed by atoms with Gasteiger partial charge in [-0.3, -0.25) is 4.79 Å². The summed E-state index contributed by atoms with van der Waals surface area (Å²) in [5.74, 6) is -0.253. The largest absolute Gasteiger partial charge is 0.462 e. The van der Waals surface area contributed by atoms with E-state index in [0.717, 1.165) is 29.1 Å². The molecule has 0 aliphatic carbocycles. The van der Waals surface area contributed by atoms with Crippen molar-refractivity contribution in [1.82, 2.24) is 0 Å². The van der Waals surface area contributed by atoms with Crippen LogP contribution in [0.1, 0.15) is 79.1 Å². The van der Waals surface area contributed by atoms with Gasteiger partial charge in [0, 0.05) is 6.54 Å². The maximum absolute atomic E-state index is 12.4. The van der Waals surface area contributed by atoms with Crippen LogP contribution in [0.4, 0.5) is 11.4 Å². The Hall–Kier alpha value is -2.18. The molecule has 2 atom stereocenters. The predicted molar refractivity (Wildman–Crippen MR) is 138 cm³/mol. The van der Waals surface area contributed by atoms with Crippen LogP contribution in [-0.4, -0.2) is 43.8 Å². The van der Waals surface area contributed by atoms with E-state index in [2.05, 4.69) is 12.2 Å². The van der Waals surface area contributed by atoms with Gasteiger partial charge in [0.2, 0.25) is 0 Å². The number of anilines is 1. The van der Waals surface area contributed by atoms with Crippen LogP contribution >= 0.6 is 0 Å². The molecule has 2 heterocycles. The normalized spacial score (nSPS) is 19.8. The second kappa shape index (κ2) is 13.1. The molecule has 6 nitrogen and oxygen atoms in total. The summed E-state index contributed by atoms with van der Waals surface area (Å²) in [7, 11) is 0. The van der Waals surface area contributed by atoms with Gasteiger partial charge in [0.1, 0.15) is 12.7 Å². The second-order valence-electron chi connectivity index (χ2n) is 10.2. The van der Waals surface area contributed by atoms with Gasteiger partial charge in [0.05, 0.1) is 29.1 Å². The molecule has 0 fully saturated rings. The van der Waals surface area contributed by atoms with Gasteiger partial charge in [0.15, 0.2) is 6.29 Å². The van der Waals surface area contributed by atoms with Crippen molar-refractivity contribution in [2.24, 2.45) is 10.4 Å². The fraction of sp³-hybridized carbons (Fsp3) is 0.643. The third-order valence-electron chi connectivity index (χ3n) is 6.14. The summed E-state index contributed by atoms with van der Waals surface area (Å²) in [5.41, 5.74) is 3.09. The lowest BCUT2D eigenvalue weighted by Crippen LogP contribution is -2.41. The van der Waals surface area contributed by atoms with Gasteiger partial charge < -0.3 is 19.5 Å². The topological polar surface area (TPSA) is 69.1 Å². The van der Waals surface area contributed by atoms with Crippen molar-refractivity contribution in [2.45, 2.75) is 91.5 Å². The minimum atomic E-state index is -0.570. The number of carbonyl (C=O) groups is 1. The number of nitrogens with zero attached hydrogens (tertiary/aromatic N) is 1. The SMILES string of the molecule is CCCCCCCCCCO[C@@H]1C=C2CNc3ccccc3N=C2[C@@H](COC(=O)C(C)(C)C)O1. The molecular weight excluding hydrogens is 428 g/mol. The van der Waals surface area contributed by atoms with Crippen molar-refractivity contribution in [3.63, 3.8) is 0 Å². The van der Waals surface area contributed by atoms with Crippen molar-refractivity contribution in [3.05, 3.63) is 35.9 Å². The summed E-state index contributed by atoms with van der Waals surface area (Å²) in [6, 6.07) is 7.95. The van der Waals surface area contributed by atoms with Crippen LogP contribution in [0.25, 0.3) is 0 Å². The number of nitrogens with one attached hydrogen (secondary N) is 1. The van der Waals surface area contributed by atoms with Gasteiger partial charge in [-0.25, -0.2) is 4.99 Å². The molecule has 0 saturated carbocycles. The first-order valence-corrected chi connectivity index (χ1v) is 13.0. The van der Waals surface area contributed by atoms with E-state index in [4.69, 9.17) is 19.2 Å². The van der Waals surface area contributed by atoms with E-state index in [1.807, 2.05) is 51.1 Å². The minimum Gasteiger partial charge on any atom is -0.462 e. The lowest BCUT2D eigenvalue weighted by Gasteiger charge is -2.30. The van der Waals surface area contributed by atoms with Crippen LogP contribution in [0, 0.1) is 5.41 Å². The number of carbonyl (C=O) groups excluding carboxylic acids is 1. The average molecular weight is 471 g/mol. The molecule has 188 valence electrons. The minimum absolute atomic E-state index is 0.117. The maximum Gasteiger partial charge on any atom is 0.311 e. The Morgan fingerprint density at radius 2 is 1.79 bits per heavy atom. The fourth-order valence-corrected chi connectivity index (χ4v) is 4.07. The number of benzene rings is 1. The third-order valence-corrected chi connectivity index (χ3v) is 6.14. The van der Waals surface area contributed by atoms with Crippen molar-refractivity contribution >= 4 is 23.1 Å². The Bertz CT molecular complexity index is 856. The van der Waals surface area contributed by atoms with Gasteiger partial charge in [-0.15, -0.1) is 0 Å². The average Bonchev–Trinajstić information content (AvgIpc) is 3.00. The van der Waals surface area contributed by atoms with Crippen LogP contribution in [0.15, 0.2) is 40.9 Å². The summed E-state index contributed by atoms with van der Waals surface area (Å²) in [6.07, 6.45) is 11.1. The molecule has 34 heavy (non-hydrogen) atoms. The van der Waals surface area contributed by atoms with E-state index in [1.165, 1.54) is 44.9 Å². The van der Waals surface area contributed by atoms with Crippen LogP contribution in [0.3, 0.4) is 0 Å². The molecular formula is C28H42N2O4. The third kappa shape index (κ3) is 7.95. The Balaban J connectivity index is 1.60. The van der Waals surface area contributed by atoms with E-state index in [0.29, 0.717) is 13.2 Å². The number of para-hydroxylation sites is 2. The first-order chi connectivity index (χ1) is 16.4. The summed E-state index contributed by atoms with van der Waals surface area (Å²) in [4.78, 5) is 17.3. The Kier molecular flexibility index (Phi) is 10.1. The first-order valence-electron chi connectivity index (χ1n) is 13.0. The number of rotatable bonds is 12. The molecule has 0 unspecified atom stereocenters. The quantitative estimate of drug-likeness (QED) is 0.276. The van der Waals surface area contributed by atoms with E-state index in [9.17, 15) is 4.79 Å². The summed E-state index contributed by atoms with van der Waals surface area (Å²) in [6.45, 7) is 9.19. The van der Waals surface area contributed by atoms with Gasteiger partial charge >= 0.3 is 5.97 Å². The molecule has 0 spiro atoms. The number of unbranched alkanes of at least 4 members (excludes halogenated alkanes) is 7. The zero-order valence-corrected chi connectivity index (χ0v) is 21.4. The van der Waals surface area contributed by atoms with Gasteiger partial charge in [-0.1, -0.05) is 64.0 Å². The van der Waals surface area contributed by atoms with Crippen LogP contribution in [0.5, 0.6) is 0 Å². The van der Waals surface area contributed by atoms with Crippen LogP contribution < -0.4 is 5.32 Å². The molecule has 2 aliphatic heterocycles. The van der Waals surface area contributed by atoms with E-state index < -0.39 is 17.8 Å². The Labute approximate surface area is 205 Å². The van der Waals surface area contributed by atoms with E-state index >= 15 is 0 Å². The highest BCUT2D eigenvalue weighted by atomic mass is 16.7. The number of ether oxygens (including phenoxy) is 3. The molecule has 1 aromatic carbocycles. The Morgan fingerprint density at radius 1 is 1.09 bits per heavy atom. The number of hydrogen-bond acceptors (Lipinski definition) is 6. The summed E-state index contributed by atoms with van der Waals surface area (Å²) < 4.78 is 17.9. The number of aliphatic imine (C=N–C) groups is 1. The summed E-state index contributed by atoms with van der Waals surface area (Å²) in [5, 5.41) is 3.46. The molecule has 1 N–H and O–H groups in total. The molecule has 6 heteroatoms.